The number of carbonyl (C=O) groups excluding carboxylic acids is 1. The SMILES string of the molecule is CC1(O)c2cc(S(=O)(=O)NC(=O)Nc3c4c(cc5c3CCC5)CCC4)sc2C2CCC1CC2. The van der Waals surface area contributed by atoms with Crippen molar-refractivity contribution in [3.8, 4) is 0 Å². The molecule has 1 aromatic carbocycles. The average molecular weight is 487 g/mol. The fourth-order valence-electron chi connectivity index (χ4n) is 6.63. The summed E-state index contributed by atoms with van der Waals surface area (Å²) in [6.45, 7) is 1.81. The molecule has 0 saturated heterocycles. The maximum absolute atomic E-state index is 13.2. The Bertz CT molecular complexity index is 1220. The molecule has 5 aliphatic carbocycles. The summed E-state index contributed by atoms with van der Waals surface area (Å²) in [5, 5.41) is 14.1. The summed E-state index contributed by atoms with van der Waals surface area (Å²) >= 11 is 1.22. The molecule has 2 aromatic rings. The molecule has 1 fully saturated rings. The second-order valence-electron chi connectivity index (χ2n) is 10.3. The fourth-order valence-corrected chi connectivity index (χ4v) is 9.30. The van der Waals surface area contributed by atoms with Crippen LogP contribution in [0.4, 0.5) is 10.5 Å². The van der Waals surface area contributed by atoms with Crippen LogP contribution in [0.15, 0.2) is 16.3 Å². The predicted molar refractivity (Wildman–Crippen MR) is 128 cm³/mol. The van der Waals surface area contributed by atoms with Gasteiger partial charge in [-0.3, -0.25) is 0 Å². The third-order valence-corrected chi connectivity index (χ3v) is 11.5. The molecule has 33 heavy (non-hydrogen) atoms. The Balaban J connectivity index is 1.28. The zero-order valence-electron chi connectivity index (χ0n) is 18.9. The Hall–Kier alpha value is -1.90. The van der Waals surface area contributed by atoms with E-state index in [4.69, 9.17) is 0 Å². The molecule has 7 rings (SSSR count). The molecule has 0 aliphatic heterocycles. The van der Waals surface area contributed by atoms with Crippen LogP contribution in [-0.2, 0) is 41.3 Å². The van der Waals surface area contributed by atoms with Crippen molar-refractivity contribution in [2.75, 3.05) is 5.32 Å². The van der Waals surface area contributed by atoms with Gasteiger partial charge < -0.3 is 10.4 Å². The van der Waals surface area contributed by atoms with E-state index in [9.17, 15) is 18.3 Å². The molecule has 1 atom stereocenters. The van der Waals surface area contributed by atoms with Crippen LogP contribution in [0, 0.1) is 5.92 Å². The number of amides is 2. The standard InChI is InChI=1S/C25H30N2O4S2/c1-25(29)17-10-8-14(9-11-17)23-20(25)13-21(32-23)33(30,31)27-24(28)26-22-18-6-2-4-15(18)12-16-5-3-7-19(16)22/h12-14,17,29H,2-11H2,1H3,(H2,26,27,28). The minimum absolute atomic E-state index is 0.110. The molecule has 2 bridgehead atoms. The predicted octanol–water partition coefficient (Wildman–Crippen LogP) is 4.73. The van der Waals surface area contributed by atoms with Gasteiger partial charge in [-0.25, -0.2) is 17.9 Å². The van der Waals surface area contributed by atoms with E-state index in [1.54, 1.807) is 6.07 Å². The summed E-state index contributed by atoms with van der Waals surface area (Å²) in [6.07, 6.45) is 9.88. The molecular weight excluding hydrogens is 456 g/mol. The van der Waals surface area contributed by atoms with Gasteiger partial charge in [0, 0.05) is 10.6 Å². The zero-order chi connectivity index (χ0) is 23.0. The number of carbonyl (C=O) groups is 1. The normalized spacial score (nSPS) is 27.6. The number of urea groups is 1. The number of nitrogens with one attached hydrogen (secondary N) is 2. The highest BCUT2D eigenvalue weighted by atomic mass is 32.2. The van der Waals surface area contributed by atoms with Gasteiger partial charge in [-0.15, -0.1) is 11.3 Å². The first-order chi connectivity index (χ1) is 15.7. The average Bonchev–Trinajstić information content (AvgIpc) is 3.50. The fraction of sp³-hybridized carbons (Fsp3) is 0.560. The molecule has 0 spiro atoms. The molecular formula is C25H30N2O4S2. The number of sulfonamides is 1. The first-order valence-electron chi connectivity index (χ1n) is 12.1. The van der Waals surface area contributed by atoms with Gasteiger partial charge in [-0.05, 0) is 117 Å². The summed E-state index contributed by atoms with van der Waals surface area (Å²) in [4.78, 5) is 13.9. The van der Waals surface area contributed by atoms with Crippen LogP contribution >= 0.6 is 11.3 Å². The van der Waals surface area contributed by atoms with Gasteiger partial charge in [0.2, 0.25) is 0 Å². The minimum Gasteiger partial charge on any atom is -0.385 e. The number of hydrogen-bond donors (Lipinski definition) is 3. The lowest BCUT2D eigenvalue weighted by Crippen LogP contribution is -2.35. The van der Waals surface area contributed by atoms with Gasteiger partial charge in [0.25, 0.3) is 10.0 Å². The van der Waals surface area contributed by atoms with Crippen LogP contribution < -0.4 is 10.0 Å². The van der Waals surface area contributed by atoms with Crippen LogP contribution in [0.25, 0.3) is 0 Å². The first-order valence-corrected chi connectivity index (χ1v) is 14.4. The van der Waals surface area contributed by atoms with Gasteiger partial charge in [0.1, 0.15) is 4.21 Å². The van der Waals surface area contributed by atoms with Crippen molar-refractivity contribution in [3.63, 3.8) is 0 Å². The lowest BCUT2D eigenvalue weighted by atomic mass is 9.77. The van der Waals surface area contributed by atoms with E-state index in [-0.39, 0.29) is 10.1 Å². The van der Waals surface area contributed by atoms with E-state index in [2.05, 4.69) is 16.1 Å². The van der Waals surface area contributed by atoms with Crippen molar-refractivity contribution in [2.45, 2.75) is 86.9 Å². The summed E-state index contributed by atoms with van der Waals surface area (Å²) in [7, 11) is -4.04. The number of rotatable bonds is 3. The first kappa shape index (κ1) is 21.6. The third-order valence-electron chi connectivity index (χ3n) is 8.38. The Kier molecular flexibility index (Phi) is 4.95. The minimum atomic E-state index is -4.04. The van der Waals surface area contributed by atoms with Crippen LogP contribution in [0.2, 0.25) is 0 Å². The quantitative estimate of drug-likeness (QED) is 0.584. The highest BCUT2D eigenvalue weighted by molar-refractivity contribution is 7.92. The molecule has 8 heteroatoms. The maximum atomic E-state index is 13.2. The van der Waals surface area contributed by atoms with Gasteiger partial charge in [-0.2, -0.15) is 0 Å². The van der Waals surface area contributed by atoms with E-state index in [1.807, 2.05) is 6.92 Å². The summed E-state index contributed by atoms with van der Waals surface area (Å²) < 4.78 is 28.7. The van der Waals surface area contributed by atoms with E-state index < -0.39 is 21.7 Å². The number of thiophene rings is 1. The Morgan fingerprint density at radius 2 is 1.67 bits per heavy atom. The molecule has 1 saturated carbocycles. The molecule has 2 amide bonds. The Labute approximate surface area is 198 Å². The Morgan fingerprint density at radius 1 is 1.03 bits per heavy atom. The summed E-state index contributed by atoms with van der Waals surface area (Å²) in [6, 6.07) is 3.17. The summed E-state index contributed by atoms with van der Waals surface area (Å²) in [5.41, 5.74) is 5.43. The van der Waals surface area contributed by atoms with Gasteiger partial charge in [0.15, 0.2) is 0 Å². The monoisotopic (exact) mass is 486 g/mol. The summed E-state index contributed by atoms with van der Waals surface area (Å²) in [5.74, 6) is 0.446. The highest BCUT2D eigenvalue weighted by Crippen LogP contribution is 2.53. The number of aliphatic hydroxyl groups is 1. The van der Waals surface area contributed by atoms with E-state index in [0.29, 0.717) is 5.92 Å². The molecule has 1 unspecified atom stereocenters. The number of hydrogen-bond acceptors (Lipinski definition) is 5. The van der Waals surface area contributed by atoms with Crippen molar-refractivity contribution in [1.29, 1.82) is 0 Å². The van der Waals surface area contributed by atoms with Gasteiger partial charge in [0.05, 0.1) is 5.60 Å². The highest BCUT2D eigenvalue weighted by Gasteiger charge is 2.45. The second kappa shape index (κ2) is 7.55. The van der Waals surface area contributed by atoms with E-state index >= 15 is 0 Å². The molecule has 5 aliphatic rings. The molecule has 176 valence electrons. The van der Waals surface area contributed by atoms with Crippen molar-refractivity contribution in [3.05, 3.63) is 44.8 Å². The third kappa shape index (κ3) is 3.44. The van der Waals surface area contributed by atoms with Gasteiger partial charge >= 0.3 is 6.03 Å². The van der Waals surface area contributed by atoms with Crippen molar-refractivity contribution >= 4 is 33.1 Å². The van der Waals surface area contributed by atoms with Crippen molar-refractivity contribution in [1.82, 2.24) is 4.72 Å². The van der Waals surface area contributed by atoms with Crippen LogP contribution in [-0.4, -0.2) is 19.6 Å². The molecule has 0 radical (unpaired) electrons. The molecule has 6 nitrogen and oxygen atoms in total. The number of aryl methyl sites for hydroxylation is 2. The lowest BCUT2D eigenvalue weighted by Gasteiger charge is -2.32. The maximum Gasteiger partial charge on any atom is 0.333 e. The number of benzene rings is 1. The lowest BCUT2D eigenvalue weighted by molar-refractivity contribution is -0.0159. The van der Waals surface area contributed by atoms with E-state index in [0.717, 1.165) is 91.5 Å². The second-order valence-corrected chi connectivity index (χ2v) is 13.3. The topological polar surface area (TPSA) is 95.5 Å². The number of fused-ring (bicyclic) bond motifs is 4. The van der Waals surface area contributed by atoms with E-state index in [1.165, 1.54) is 22.5 Å². The van der Waals surface area contributed by atoms with Crippen LogP contribution in [0.5, 0.6) is 0 Å². The van der Waals surface area contributed by atoms with Crippen LogP contribution in [0.1, 0.15) is 84.1 Å². The van der Waals surface area contributed by atoms with Gasteiger partial charge in [-0.1, -0.05) is 6.07 Å². The van der Waals surface area contributed by atoms with Crippen molar-refractivity contribution < 1.29 is 18.3 Å². The smallest absolute Gasteiger partial charge is 0.333 e. The molecule has 1 aromatic heterocycles. The zero-order valence-corrected chi connectivity index (χ0v) is 20.5. The molecule has 1 heterocycles. The number of anilines is 1. The van der Waals surface area contributed by atoms with Crippen LogP contribution in [0.3, 0.4) is 0 Å². The van der Waals surface area contributed by atoms with Crippen molar-refractivity contribution in [2.24, 2.45) is 5.92 Å². The largest absolute Gasteiger partial charge is 0.385 e. The molecule has 3 N–H and O–H groups in total. The Morgan fingerprint density at radius 3 is 2.30 bits per heavy atom.